The highest BCUT2D eigenvalue weighted by molar-refractivity contribution is 8.00. The second-order valence-electron chi connectivity index (χ2n) is 2.80. The predicted octanol–water partition coefficient (Wildman–Crippen LogP) is 2.57. The Morgan fingerprint density at radius 2 is 2.09 bits per heavy atom. The Kier molecular flexibility index (Phi) is 1.57. The number of hydrogen-bond acceptors (Lipinski definition) is 2. The van der Waals surface area contributed by atoms with E-state index < -0.39 is 0 Å². The van der Waals surface area contributed by atoms with Gasteiger partial charge in [0.1, 0.15) is 0 Å². The highest BCUT2D eigenvalue weighted by Gasteiger charge is 2.21. The molecule has 1 nitrogen and oxygen atoms in total. The molecule has 0 unspecified atom stereocenters. The van der Waals surface area contributed by atoms with E-state index in [1.165, 1.54) is 10.6 Å². The molecule has 0 saturated heterocycles. The third-order valence-corrected chi connectivity index (χ3v) is 3.34. The van der Waals surface area contributed by atoms with Crippen LogP contribution in [0.1, 0.15) is 6.92 Å². The number of fused-ring (bicyclic) bond motifs is 1. The van der Waals surface area contributed by atoms with Crippen molar-refractivity contribution in [3.63, 3.8) is 0 Å². The van der Waals surface area contributed by atoms with Gasteiger partial charge in [-0.25, -0.2) is 0 Å². The summed E-state index contributed by atoms with van der Waals surface area (Å²) in [7, 11) is 2.14. The minimum atomic E-state index is 0.590. The summed E-state index contributed by atoms with van der Waals surface area (Å²) < 4.78 is 0. The lowest BCUT2D eigenvalue weighted by molar-refractivity contribution is 0.924. The number of para-hydroxylation sites is 1. The first kappa shape index (κ1) is 7.04. The molecule has 2 rings (SSSR count). The molecule has 1 aliphatic heterocycles. The number of rotatable bonds is 0. The molecule has 1 aromatic rings. The van der Waals surface area contributed by atoms with Crippen LogP contribution >= 0.6 is 11.8 Å². The number of hydrogen-bond donors (Lipinski definition) is 0. The van der Waals surface area contributed by atoms with Crippen LogP contribution in [0.2, 0.25) is 0 Å². The van der Waals surface area contributed by atoms with Crippen molar-refractivity contribution in [2.45, 2.75) is 17.2 Å². The minimum absolute atomic E-state index is 0.590. The van der Waals surface area contributed by atoms with Gasteiger partial charge in [0.05, 0.1) is 11.1 Å². The van der Waals surface area contributed by atoms with Gasteiger partial charge in [-0.05, 0) is 19.1 Å². The number of benzene rings is 1. The molecule has 0 N–H and O–H groups in total. The number of nitrogens with zero attached hydrogens (tertiary/aromatic N) is 1. The van der Waals surface area contributed by atoms with Gasteiger partial charge in [-0.3, -0.25) is 0 Å². The van der Waals surface area contributed by atoms with Gasteiger partial charge in [-0.2, -0.15) is 0 Å². The van der Waals surface area contributed by atoms with Crippen molar-refractivity contribution in [3.05, 3.63) is 24.3 Å². The summed E-state index contributed by atoms with van der Waals surface area (Å²) >= 11 is 1.93. The van der Waals surface area contributed by atoms with E-state index in [2.05, 4.69) is 43.1 Å². The van der Waals surface area contributed by atoms with Crippen LogP contribution in [-0.2, 0) is 0 Å². The van der Waals surface area contributed by atoms with Gasteiger partial charge in [-0.1, -0.05) is 23.9 Å². The first-order valence-electron chi connectivity index (χ1n) is 3.77. The highest BCUT2D eigenvalue weighted by Crippen LogP contribution is 2.41. The SMILES string of the molecule is C[C@H]1Sc2ccccc2N1C. The summed E-state index contributed by atoms with van der Waals surface area (Å²) in [5, 5.41) is 0.590. The third-order valence-electron chi connectivity index (χ3n) is 2.09. The molecule has 1 atom stereocenters. The molecule has 2 heteroatoms. The molecule has 58 valence electrons. The lowest BCUT2D eigenvalue weighted by atomic mass is 10.3. The van der Waals surface area contributed by atoms with Gasteiger partial charge in [0.2, 0.25) is 0 Å². The summed E-state index contributed by atoms with van der Waals surface area (Å²) in [6.07, 6.45) is 0. The molecule has 0 saturated carbocycles. The maximum absolute atomic E-state index is 2.31. The Labute approximate surface area is 71.4 Å². The standard InChI is InChI=1S/C9H11NS/c1-7-10(2)8-5-3-4-6-9(8)11-7/h3-7H,1-2H3/t7-/m1/s1. The summed E-state index contributed by atoms with van der Waals surface area (Å²) in [6, 6.07) is 8.54. The Morgan fingerprint density at radius 1 is 1.36 bits per heavy atom. The van der Waals surface area contributed by atoms with Gasteiger partial charge in [0, 0.05) is 11.9 Å². The van der Waals surface area contributed by atoms with E-state index >= 15 is 0 Å². The molecule has 0 spiro atoms. The Balaban J connectivity index is 2.47. The Hall–Kier alpha value is -0.630. The van der Waals surface area contributed by atoms with Crippen LogP contribution in [0, 0.1) is 0 Å². The average molecular weight is 165 g/mol. The first-order chi connectivity index (χ1) is 5.29. The molecule has 1 heterocycles. The van der Waals surface area contributed by atoms with Gasteiger partial charge >= 0.3 is 0 Å². The molecular formula is C9H11NS. The van der Waals surface area contributed by atoms with Crippen molar-refractivity contribution in [2.24, 2.45) is 0 Å². The molecule has 0 bridgehead atoms. The van der Waals surface area contributed by atoms with E-state index in [0.717, 1.165) is 0 Å². The smallest absolute Gasteiger partial charge is 0.0766 e. The fourth-order valence-electron chi connectivity index (χ4n) is 1.31. The van der Waals surface area contributed by atoms with Gasteiger partial charge < -0.3 is 4.90 Å². The lowest BCUT2D eigenvalue weighted by Gasteiger charge is -2.16. The fraction of sp³-hybridized carbons (Fsp3) is 0.333. The van der Waals surface area contributed by atoms with Gasteiger partial charge in [-0.15, -0.1) is 0 Å². The van der Waals surface area contributed by atoms with E-state index in [0.29, 0.717) is 5.37 Å². The molecule has 11 heavy (non-hydrogen) atoms. The van der Waals surface area contributed by atoms with E-state index in [4.69, 9.17) is 0 Å². The molecule has 0 aliphatic carbocycles. The summed E-state index contributed by atoms with van der Waals surface area (Å²) in [6.45, 7) is 2.23. The third kappa shape index (κ3) is 1.02. The topological polar surface area (TPSA) is 3.24 Å². The van der Waals surface area contributed by atoms with Crippen molar-refractivity contribution >= 4 is 17.4 Å². The molecule has 0 fully saturated rings. The summed E-state index contributed by atoms with van der Waals surface area (Å²) in [5.41, 5.74) is 1.37. The zero-order chi connectivity index (χ0) is 7.84. The van der Waals surface area contributed by atoms with E-state index in [9.17, 15) is 0 Å². The van der Waals surface area contributed by atoms with Crippen LogP contribution in [0.3, 0.4) is 0 Å². The van der Waals surface area contributed by atoms with Crippen LogP contribution in [0.5, 0.6) is 0 Å². The largest absolute Gasteiger partial charge is 0.362 e. The number of thioether (sulfide) groups is 1. The Morgan fingerprint density at radius 3 is 2.82 bits per heavy atom. The van der Waals surface area contributed by atoms with Crippen LogP contribution in [0.25, 0.3) is 0 Å². The number of anilines is 1. The van der Waals surface area contributed by atoms with E-state index in [1.54, 1.807) is 0 Å². The summed E-state index contributed by atoms with van der Waals surface area (Å²) in [4.78, 5) is 3.71. The van der Waals surface area contributed by atoms with Gasteiger partial charge in [0.25, 0.3) is 0 Å². The van der Waals surface area contributed by atoms with Crippen LogP contribution in [0.15, 0.2) is 29.2 Å². The molecule has 0 amide bonds. The van der Waals surface area contributed by atoms with Crippen molar-refractivity contribution in [1.29, 1.82) is 0 Å². The molecular weight excluding hydrogens is 154 g/mol. The fourth-order valence-corrected chi connectivity index (χ4v) is 2.44. The molecule has 0 radical (unpaired) electrons. The zero-order valence-corrected chi connectivity index (χ0v) is 7.56. The highest BCUT2D eigenvalue weighted by atomic mass is 32.2. The minimum Gasteiger partial charge on any atom is -0.362 e. The van der Waals surface area contributed by atoms with Crippen molar-refractivity contribution < 1.29 is 0 Å². The molecule has 1 aromatic carbocycles. The van der Waals surface area contributed by atoms with Crippen molar-refractivity contribution in [2.75, 3.05) is 11.9 Å². The monoisotopic (exact) mass is 165 g/mol. The zero-order valence-electron chi connectivity index (χ0n) is 6.74. The van der Waals surface area contributed by atoms with Crippen LogP contribution < -0.4 is 4.90 Å². The normalized spacial score (nSPS) is 22.0. The second-order valence-corrected chi connectivity index (χ2v) is 4.15. The van der Waals surface area contributed by atoms with Crippen LogP contribution in [0.4, 0.5) is 5.69 Å². The van der Waals surface area contributed by atoms with Gasteiger partial charge in [0.15, 0.2) is 0 Å². The first-order valence-corrected chi connectivity index (χ1v) is 4.65. The molecule has 0 aromatic heterocycles. The maximum atomic E-state index is 2.31. The Bertz CT molecular complexity index is 272. The van der Waals surface area contributed by atoms with E-state index in [-0.39, 0.29) is 0 Å². The summed E-state index contributed by atoms with van der Waals surface area (Å²) in [5.74, 6) is 0. The predicted molar refractivity (Wildman–Crippen MR) is 50.2 cm³/mol. The average Bonchev–Trinajstić information content (AvgIpc) is 2.30. The van der Waals surface area contributed by atoms with Crippen molar-refractivity contribution in [3.8, 4) is 0 Å². The molecule has 1 aliphatic rings. The van der Waals surface area contributed by atoms with E-state index in [1.807, 2.05) is 11.8 Å². The van der Waals surface area contributed by atoms with Crippen molar-refractivity contribution in [1.82, 2.24) is 0 Å². The van der Waals surface area contributed by atoms with Crippen LogP contribution in [-0.4, -0.2) is 12.4 Å². The second kappa shape index (κ2) is 2.45. The quantitative estimate of drug-likeness (QED) is 0.581. The maximum Gasteiger partial charge on any atom is 0.0766 e. The lowest BCUT2D eigenvalue weighted by Crippen LogP contribution is -2.20.